The Labute approximate surface area is 130 Å². The van der Waals surface area contributed by atoms with E-state index in [1.54, 1.807) is 11.8 Å². The molecule has 2 aromatic carbocycles. The van der Waals surface area contributed by atoms with Crippen LogP contribution in [0.1, 0.15) is 5.56 Å². The summed E-state index contributed by atoms with van der Waals surface area (Å²) in [7, 11) is 0. The van der Waals surface area contributed by atoms with Gasteiger partial charge in [-0.2, -0.15) is 5.10 Å². The van der Waals surface area contributed by atoms with Crippen molar-refractivity contribution < 1.29 is 0 Å². The van der Waals surface area contributed by atoms with E-state index >= 15 is 0 Å². The van der Waals surface area contributed by atoms with Crippen LogP contribution in [0, 0.1) is 0 Å². The predicted molar refractivity (Wildman–Crippen MR) is 89.8 cm³/mol. The van der Waals surface area contributed by atoms with Crippen LogP contribution < -0.4 is 5.43 Å². The summed E-state index contributed by atoms with van der Waals surface area (Å²) >= 11 is 5.10. The van der Waals surface area contributed by atoms with E-state index in [2.05, 4.69) is 43.6 Å². The molecule has 3 nitrogen and oxygen atoms in total. The monoisotopic (exact) mass is 345 g/mol. The van der Waals surface area contributed by atoms with Gasteiger partial charge in [0.05, 0.1) is 11.4 Å². The second-order valence-corrected chi connectivity index (χ2v) is 6.10. The Morgan fingerprint density at radius 2 is 1.80 bits per heavy atom. The lowest BCUT2D eigenvalue weighted by Crippen LogP contribution is -2.25. The number of amidine groups is 1. The Morgan fingerprint density at radius 1 is 1.05 bits per heavy atom. The second-order valence-electron chi connectivity index (χ2n) is 4.22. The number of aliphatic imine (C=N–C) groups is 1. The predicted octanol–water partition coefficient (Wildman–Crippen LogP) is 4.18. The molecule has 0 unspecified atom stereocenters. The molecule has 0 fully saturated rings. The highest BCUT2D eigenvalue weighted by molar-refractivity contribution is 9.10. The maximum absolute atomic E-state index is 4.51. The van der Waals surface area contributed by atoms with Crippen LogP contribution in [-0.4, -0.2) is 16.6 Å². The van der Waals surface area contributed by atoms with E-state index in [0.29, 0.717) is 0 Å². The summed E-state index contributed by atoms with van der Waals surface area (Å²) in [5.74, 6) is 0.820. The van der Waals surface area contributed by atoms with Gasteiger partial charge in [-0.25, -0.2) is 4.99 Å². The van der Waals surface area contributed by atoms with E-state index in [1.807, 2.05) is 42.5 Å². The standard InChI is InChI=1S/C15H12BrN3S/c16-12-8-6-11(7-9-12)14-10-20-15(19-18-14)17-13-4-2-1-3-5-13/h1-9H,10H2,(H,17,19). The molecule has 0 radical (unpaired) electrons. The topological polar surface area (TPSA) is 36.8 Å². The van der Waals surface area contributed by atoms with Crippen molar-refractivity contribution in [3.63, 3.8) is 0 Å². The van der Waals surface area contributed by atoms with E-state index in [0.717, 1.165) is 32.4 Å². The van der Waals surface area contributed by atoms with Crippen LogP contribution in [0.25, 0.3) is 0 Å². The van der Waals surface area contributed by atoms with Crippen LogP contribution in [-0.2, 0) is 0 Å². The Kier molecular flexibility index (Phi) is 4.18. The zero-order chi connectivity index (χ0) is 13.8. The van der Waals surface area contributed by atoms with Gasteiger partial charge in [-0.1, -0.05) is 58.0 Å². The number of rotatable bonds is 2. The van der Waals surface area contributed by atoms with Crippen molar-refractivity contribution in [2.24, 2.45) is 10.1 Å². The van der Waals surface area contributed by atoms with Crippen LogP contribution >= 0.6 is 27.7 Å². The third kappa shape index (κ3) is 3.29. The molecule has 2 aromatic rings. The molecule has 1 N–H and O–H groups in total. The lowest BCUT2D eigenvalue weighted by molar-refractivity contribution is 1.03. The van der Waals surface area contributed by atoms with Gasteiger partial charge in [0.15, 0.2) is 5.17 Å². The summed E-state index contributed by atoms with van der Waals surface area (Å²) in [6.45, 7) is 0. The molecule has 0 aliphatic carbocycles. The first-order chi connectivity index (χ1) is 9.81. The van der Waals surface area contributed by atoms with Gasteiger partial charge in [0.1, 0.15) is 0 Å². The fraction of sp³-hybridized carbons (Fsp3) is 0.0667. The summed E-state index contributed by atoms with van der Waals surface area (Å²) in [5, 5.41) is 5.24. The third-order valence-electron chi connectivity index (χ3n) is 2.80. The average molecular weight is 346 g/mol. The Hall–Kier alpha value is -1.59. The first-order valence-electron chi connectivity index (χ1n) is 6.16. The van der Waals surface area contributed by atoms with Crippen LogP contribution in [0.4, 0.5) is 5.69 Å². The van der Waals surface area contributed by atoms with Gasteiger partial charge in [-0.15, -0.1) is 0 Å². The highest BCUT2D eigenvalue weighted by Gasteiger charge is 2.12. The molecule has 3 rings (SSSR count). The number of para-hydroxylation sites is 1. The minimum atomic E-state index is 0.820. The highest BCUT2D eigenvalue weighted by Crippen LogP contribution is 2.19. The van der Waals surface area contributed by atoms with E-state index in [-0.39, 0.29) is 0 Å². The maximum Gasteiger partial charge on any atom is 0.182 e. The summed E-state index contributed by atoms with van der Waals surface area (Å²) in [5.41, 5.74) is 6.12. The Balaban J connectivity index is 1.75. The van der Waals surface area contributed by atoms with Crippen molar-refractivity contribution >= 4 is 44.3 Å². The van der Waals surface area contributed by atoms with Crippen molar-refractivity contribution in [2.75, 3.05) is 5.75 Å². The molecule has 0 bridgehead atoms. The van der Waals surface area contributed by atoms with Crippen LogP contribution in [0.3, 0.4) is 0 Å². The number of nitrogens with one attached hydrogen (secondary N) is 1. The van der Waals surface area contributed by atoms with Crippen LogP contribution in [0.5, 0.6) is 0 Å². The van der Waals surface area contributed by atoms with Gasteiger partial charge in [-0.05, 0) is 29.8 Å². The molecule has 0 saturated heterocycles. The molecule has 0 spiro atoms. The van der Waals surface area contributed by atoms with Gasteiger partial charge in [0, 0.05) is 10.2 Å². The number of benzene rings is 2. The van der Waals surface area contributed by atoms with Crippen molar-refractivity contribution in [1.82, 2.24) is 5.43 Å². The second kappa shape index (κ2) is 6.24. The van der Waals surface area contributed by atoms with Gasteiger partial charge in [0.2, 0.25) is 0 Å². The van der Waals surface area contributed by atoms with Crippen molar-refractivity contribution in [3.05, 3.63) is 64.6 Å². The number of hydrazone groups is 1. The van der Waals surface area contributed by atoms with E-state index in [9.17, 15) is 0 Å². The van der Waals surface area contributed by atoms with Crippen molar-refractivity contribution in [1.29, 1.82) is 0 Å². The van der Waals surface area contributed by atoms with Gasteiger partial charge >= 0.3 is 0 Å². The van der Waals surface area contributed by atoms with Crippen LogP contribution in [0.15, 0.2) is 69.2 Å². The minimum Gasteiger partial charge on any atom is -0.255 e. The largest absolute Gasteiger partial charge is 0.255 e. The Bertz CT molecular complexity index is 651. The molecule has 20 heavy (non-hydrogen) atoms. The summed E-state index contributed by atoms with van der Waals surface area (Å²) < 4.78 is 1.07. The van der Waals surface area contributed by atoms with Crippen molar-refractivity contribution in [3.8, 4) is 0 Å². The molecule has 1 heterocycles. The fourth-order valence-corrected chi connectivity index (χ4v) is 2.83. The number of nitrogens with zero attached hydrogens (tertiary/aromatic N) is 2. The molecule has 100 valence electrons. The summed E-state index contributed by atoms with van der Waals surface area (Å²) in [4.78, 5) is 4.51. The van der Waals surface area contributed by atoms with Crippen molar-refractivity contribution in [2.45, 2.75) is 0 Å². The van der Waals surface area contributed by atoms with Gasteiger partial charge in [-0.3, -0.25) is 5.43 Å². The number of halogens is 1. The molecule has 0 amide bonds. The summed E-state index contributed by atoms with van der Waals surface area (Å²) in [6.07, 6.45) is 0. The molecule has 5 heteroatoms. The molecule has 0 aromatic heterocycles. The zero-order valence-electron chi connectivity index (χ0n) is 10.6. The molecule has 1 aliphatic heterocycles. The first-order valence-corrected chi connectivity index (χ1v) is 7.94. The van der Waals surface area contributed by atoms with E-state index < -0.39 is 0 Å². The van der Waals surface area contributed by atoms with E-state index in [1.165, 1.54) is 0 Å². The normalized spacial score (nSPS) is 16.6. The number of hydrogen-bond acceptors (Lipinski definition) is 3. The molecular weight excluding hydrogens is 334 g/mol. The Morgan fingerprint density at radius 3 is 2.45 bits per heavy atom. The quantitative estimate of drug-likeness (QED) is 0.886. The SMILES string of the molecule is Brc1ccc(C2=NNC(=Nc3ccccc3)SC2)cc1. The highest BCUT2D eigenvalue weighted by atomic mass is 79.9. The molecule has 0 atom stereocenters. The lowest BCUT2D eigenvalue weighted by atomic mass is 10.1. The number of hydrogen-bond donors (Lipinski definition) is 1. The zero-order valence-corrected chi connectivity index (χ0v) is 13.0. The van der Waals surface area contributed by atoms with Crippen LogP contribution in [0.2, 0.25) is 0 Å². The lowest BCUT2D eigenvalue weighted by Gasteiger charge is -2.14. The molecular formula is C15H12BrN3S. The van der Waals surface area contributed by atoms with E-state index in [4.69, 9.17) is 0 Å². The fourth-order valence-electron chi connectivity index (χ4n) is 1.78. The summed E-state index contributed by atoms with van der Waals surface area (Å²) in [6, 6.07) is 18.1. The molecule has 1 aliphatic rings. The molecule has 0 saturated carbocycles. The van der Waals surface area contributed by atoms with Gasteiger partial charge in [0.25, 0.3) is 0 Å². The smallest absolute Gasteiger partial charge is 0.182 e. The maximum atomic E-state index is 4.51. The third-order valence-corrected chi connectivity index (χ3v) is 4.20. The van der Waals surface area contributed by atoms with Gasteiger partial charge < -0.3 is 0 Å². The number of thioether (sulfide) groups is 1. The minimum absolute atomic E-state index is 0.820. The first kappa shape index (κ1) is 13.4. The average Bonchev–Trinajstić information content (AvgIpc) is 2.50.